The molecule has 1 atom stereocenters. The summed E-state index contributed by atoms with van der Waals surface area (Å²) in [5.74, 6) is 0.0581. The lowest BCUT2D eigenvalue weighted by Crippen LogP contribution is -2.54. The van der Waals surface area contributed by atoms with E-state index in [1.807, 2.05) is 25.7 Å². The van der Waals surface area contributed by atoms with Crippen molar-refractivity contribution >= 4 is 45.8 Å². The Labute approximate surface area is 221 Å². The maximum Gasteiger partial charge on any atom is 0.407 e. The molecule has 4 aromatic rings. The SMILES string of the molecule is CC(C)c1ncsc1-n1c(=O)nc(N2CCN(C(=O)O)CC2C)c2cc(Cl)c(-c3ccccc3F)cc21. The number of piperazine rings is 1. The molecular formula is C26H25ClFN5O3S. The van der Waals surface area contributed by atoms with E-state index < -0.39 is 17.6 Å². The van der Waals surface area contributed by atoms with E-state index in [2.05, 4.69) is 9.97 Å². The molecule has 0 radical (unpaired) electrons. The summed E-state index contributed by atoms with van der Waals surface area (Å²) in [6.07, 6.45) is -0.983. The van der Waals surface area contributed by atoms with Gasteiger partial charge in [0.1, 0.15) is 16.6 Å². The van der Waals surface area contributed by atoms with Gasteiger partial charge in [0, 0.05) is 47.2 Å². The lowest BCUT2D eigenvalue weighted by atomic mass is 10.0. The summed E-state index contributed by atoms with van der Waals surface area (Å²) in [4.78, 5) is 37.4. The Hall–Kier alpha value is -3.50. The molecule has 11 heteroatoms. The molecule has 8 nitrogen and oxygen atoms in total. The van der Waals surface area contributed by atoms with Crippen LogP contribution < -0.4 is 10.6 Å². The third-order valence-corrected chi connectivity index (χ3v) is 7.76. The summed E-state index contributed by atoms with van der Waals surface area (Å²) in [6, 6.07) is 9.56. The van der Waals surface area contributed by atoms with Crippen molar-refractivity contribution < 1.29 is 14.3 Å². The number of fused-ring (bicyclic) bond motifs is 1. The van der Waals surface area contributed by atoms with Crippen LogP contribution in [0.1, 0.15) is 32.4 Å². The third-order valence-electron chi connectivity index (χ3n) is 6.62. The van der Waals surface area contributed by atoms with Crippen LogP contribution in [0, 0.1) is 5.82 Å². The Bertz CT molecular complexity index is 1570. The number of anilines is 1. The average Bonchev–Trinajstić information content (AvgIpc) is 3.34. The van der Waals surface area contributed by atoms with Crippen molar-refractivity contribution in [3.63, 3.8) is 0 Å². The third kappa shape index (κ3) is 4.44. The molecule has 2 aromatic heterocycles. The van der Waals surface area contributed by atoms with Crippen molar-refractivity contribution in [1.82, 2.24) is 19.4 Å². The zero-order valence-electron chi connectivity index (χ0n) is 20.5. The molecule has 1 N–H and O–H groups in total. The molecule has 1 unspecified atom stereocenters. The maximum atomic E-state index is 14.8. The molecule has 1 fully saturated rings. The smallest absolute Gasteiger partial charge is 0.407 e. The van der Waals surface area contributed by atoms with Crippen molar-refractivity contribution in [1.29, 1.82) is 0 Å². The quantitative estimate of drug-likeness (QED) is 0.361. The van der Waals surface area contributed by atoms with Crippen LogP contribution in [0.4, 0.5) is 15.0 Å². The van der Waals surface area contributed by atoms with Gasteiger partial charge in [-0.05, 0) is 31.0 Å². The van der Waals surface area contributed by atoms with Gasteiger partial charge in [-0.1, -0.05) is 43.6 Å². The first-order valence-electron chi connectivity index (χ1n) is 11.9. The minimum atomic E-state index is -0.983. The lowest BCUT2D eigenvalue weighted by molar-refractivity contribution is 0.136. The van der Waals surface area contributed by atoms with Crippen molar-refractivity contribution in [2.24, 2.45) is 0 Å². The summed E-state index contributed by atoms with van der Waals surface area (Å²) in [7, 11) is 0. The monoisotopic (exact) mass is 541 g/mol. The lowest BCUT2D eigenvalue weighted by Gasteiger charge is -2.39. The number of hydrogen-bond acceptors (Lipinski definition) is 6. The molecule has 0 saturated carbocycles. The molecule has 1 amide bonds. The first-order chi connectivity index (χ1) is 17.7. The number of nitrogens with zero attached hydrogens (tertiary/aromatic N) is 5. The van der Waals surface area contributed by atoms with Gasteiger partial charge < -0.3 is 14.9 Å². The number of amides is 1. The van der Waals surface area contributed by atoms with E-state index in [9.17, 15) is 19.1 Å². The maximum absolute atomic E-state index is 14.8. The first-order valence-corrected chi connectivity index (χ1v) is 13.1. The topological polar surface area (TPSA) is 91.6 Å². The standard InChI is InChI=1S/C26H25ClFN5O3S/c1-14(2)22-24(37-13-29-22)33-21-11-17(16-6-4-5-7-20(16)28)19(27)10-18(21)23(30-25(33)34)32-9-8-31(26(35)36)12-15(32)3/h4-7,10-11,13-15H,8-9,12H2,1-3H3,(H,35,36). The minimum absolute atomic E-state index is 0.0605. The van der Waals surface area contributed by atoms with Gasteiger partial charge >= 0.3 is 11.8 Å². The van der Waals surface area contributed by atoms with Crippen molar-refractivity contribution in [3.05, 3.63) is 68.9 Å². The summed E-state index contributed by atoms with van der Waals surface area (Å²) in [6.45, 7) is 6.80. The van der Waals surface area contributed by atoms with E-state index >= 15 is 0 Å². The fourth-order valence-electron chi connectivity index (χ4n) is 4.79. The van der Waals surface area contributed by atoms with Crippen LogP contribution in [0.15, 0.2) is 46.7 Å². The number of halogens is 2. The van der Waals surface area contributed by atoms with Crippen molar-refractivity contribution in [2.75, 3.05) is 24.5 Å². The number of carbonyl (C=O) groups is 1. The van der Waals surface area contributed by atoms with Gasteiger partial charge in [0.2, 0.25) is 0 Å². The predicted octanol–water partition coefficient (Wildman–Crippen LogP) is 5.61. The van der Waals surface area contributed by atoms with Crippen LogP contribution in [0.25, 0.3) is 27.0 Å². The van der Waals surface area contributed by atoms with Crippen molar-refractivity contribution in [2.45, 2.75) is 32.7 Å². The molecule has 1 aliphatic heterocycles. The number of hydrogen-bond donors (Lipinski definition) is 1. The molecule has 0 aliphatic carbocycles. The molecule has 5 rings (SSSR count). The number of thiazole rings is 1. The van der Waals surface area contributed by atoms with E-state index in [0.29, 0.717) is 44.4 Å². The van der Waals surface area contributed by atoms with Crippen LogP contribution in [-0.2, 0) is 0 Å². The molecule has 37 heavy (non-hydrogen) atoms. The highest BCUT2D eigenvalue weighted by molar-refractivity contribution is 7.12. The van der Waals surface area contributed by atoms with Gasteiger partial charge in [-0.25, -0.2) is 23.5 Å². The van der Waals surface area contributed by atoms with Crippen LogP contribution in [0.5, 0.6) is 0 Å². The van der Waals surface area contributed by atoms with Gasteiger partial charge in [0.25, 0.3) is 0 Å². The average molecular weight is 542 g/mol. The molecule has 1 aliphatic rings. The van der Waals surface area contributed by atoms with E-state index in [4.69, 9.17) is 11.6 Å². The van der Waals surface area contributed by atoms with Crippen LogP contribution in [0.2, 0.25) is 5.02 Å². The highest BCUT2D eigenvalue weighted by Gasteiger charge is 2.30. The molecule has 2 aromatic carbocycles. The second-order valence-corrected chi connectivity index (χ2v) is 10.6. The molecule has 3 heterocycles. The van der Waals surface area contributed by atoms with Gasteiger partial charge in [-0.3, -0.25) is 0 Å². The van der Waals surface area contributed by atoms with Crippen molar-refractivity contribution in [3.8, 4) is 16.1 Å². The Balaban J connectivity index is 1.79. The second-order valence-electron chi connectivity index (χ2n) is 9.35. The Morgan fingerprint density at radius 2 is 1.97 bits per heavy atom. The Morgan fingerprint density at radius 3 is 2.65 bits per heavy atom. The molecule has 192 valence electrons. The van der Waals surface area contributed by atoms with Crippen LogP contribution >= 0.6 is 22.9 Å². The number of rotatable bonds is 4. The summed E-state index contributed by atoms with van der Waals surface area (Å²) in [5, 5.41) is 11.0. The van der Waals surface area contributed by atoms with E-state index in [1.165, 1.54) is 26.9 Å². The fraction of sp³-hybridized carbons (Fsp3) is 0.308. The van der Waals surface area contributed by atoms with Crippen LogP contribution in [-0.4, -0.2) is 56.3 Å². The van der Waals surface area contributed by atoms with Gasteiger partial charge in [-0.2, -0.15) is 4.98 Å². The minimum Gasteiger partial charge on any atom is -0.465 e. The predicted molar refractivity (Wildman–Crippen MR) is 144 cm³/mol. The van der Waals surface area contributed by atoms with Crippen LogP contribution in [0.3, 0.4) is 0 Å². The summed E-state index contributed by atoms with van der Waals surface area (Å²) in [5.41, 5.74) is 3.26. The zero-order chi connectivity index (χ0) is 26.4. The fourth-order valence-corrected chi connectivity index (χ4v) is 6.01. The highest BCUT2D eigenvalue weighted by atomic mass is 35.5. The number of aromatic nitrogens is 3. The second kappa shape index (κ2) is 9.75. The molecule has 0 bridgehead atoms. The van der Waals surface area contributed by atoms with E-state index in [0.717, 1.165) is 5.69 Å². The van der Waals surface area contributed by atoms with Gasteiger partial charge in [0.05, 0.1) is 16.7 Å². The Morgan fingerprint density at radius 1 is 1.22 bits per heavy atom. The normalized spacial score (nSPS) is 16.1. The number of carboxylic acid groups (broad SMARTS) is 1. The molecular weight excluding hydrogens is 517 g/mol. The number of benzene rings is 2. The zero-order valence-corrected chi connectivity index (χ0v) is 22.1. The highest BCUT2D eigenvalue weighted by Crippen LogP contribution is 2.38. The molecule has 1 saturated heterocycles. The first kappa shape index (κ1) is 25.2. The largest absolute Gasteiger partial charge is 0.465 e. The summed E-state index contributed by atoms with van der Waals surface area (Å²) < 4.78 is 16.3. The summed E-state index contributed by atoms with van der Waals surface area (Å²) >= 11 is 8.06. The van der Waals surface area contributed by atoms with E-state index in [-0.39, 0.29) is 25.0 Å². The van der Waals surface area contributed by atoms with Gasteiger partial charge in [-0.15, -0.1) is 11.3 Å². The van der Waals surface area contributed by atoms with E-state index in [1.54, 1.807) is 35.8 Å². The Kier molecular flexibility index (Phi) is 6.63. The molecule has 0 spiro atoms. The van der Waals surface area contributed by atoms with Gasteiger partial charge in [0.15, 0.2) is 0 Å².